The van der Waals surface area contributed by atoms with Gasteiger partial charge in [0, 0.05) is 27.5 Å². The Morgan fingerprint density at radius 1 is 1.25 bits per heavy atom. The van der Waals surface area contributed by atoms with Crippen LogP contribution in [0.15, 0.2) is 52.2 Å². The molecular formula is C12H8BrClN2. The van der Waals surface area contributed by atoms with Gasteiger partial charge in [0.25, 0.3) is 0 Å². The topological polar surface area (TPSA) is 25.2 Å². The predicted molar refractivity (Wildman–Crippen MR) is 70.6 cm³/mol. The third-order valence-electron chi connectivity index (χ3n) is 1.95. The van der Waals surface area contributed by atoms with Crippen molar-refractivity contribution in [3.63, 3.8) is 0 Å². The van der Waals surface area contributed by atoms with Gasteiger partial charge in [-0.15, -0.1) is 0 Å². The van der Waals surface area contributed by atoms with Gasteiger partial charge >= 0.3 is 0 Å². The Kier molecular flexibility index (Phi) is 3.70. The van der Waals surface area contributed by atoms with E-state index in [0.717, 1.165) is 15.7 Å². The van der Waals surface area contributed by atoms with E-state index >= 15 is 0 Å². The lowest BCUT2D eigenvalue weighted by molar-refractivity contribution is 1.29. The minimum absolute atomic E-state index is 0.689. The highest BCUT2D eigenvalue weighted by molar-refractivity contribution is 9.10. The maximum Gasteiger partial charge on any atom is 0.0824 e. The molecule has 0 spiro atoms. The number of benzene rings is 1. The number of halogens is 2. The molecule has 0 saturated heterocycles. The Morgan fingerprint density at radius 2 is 2.06 bits per heavy atom. The molecule has 0 bridgehead atoms. The van der Waals surface area contributed by atoms with E-state index in [0.29, 0.717) is 5.02 Å². The van der Waals surface area contributed by atoms with E-state index in [1.54, 1.807) is 18.6 Å². The van der Waals surface area contributed by atoms with Crippen LogP contribution >= 0.6 is 27.5 Å². The number of rotatable bonds is 2. The monoisotopic (exact) mass is 294 g/mol. The van der Waals surface area contributed by atoms with Crippen molar-refractivity contribution in [2.75, 3.05) is 0 Å². The zero-order valence-corrected chi connectivity index (χ0v) is 10.6. The summed E-state index contributed by atoms with van der Waals surface area (Å²) in [6.07, 6.45) is 5.14. The van der Waals surface area contributed by atoms with E-state index < -0.39 is 0 Å². The molecule has 2 rings (SSSR count). The third kappa shape index (κ3) is 2.90. The molecule has 1 heterocycles. The molecule has 0 amide bonds. The van der Waals surface area contributed by atoms with Crippen molar-refractivity contribution in [1.82, 2.24) is 4.98 Å². The third-order valence-corrected chi connectivity index (χ3v) is 2.73. The van der Waals surface area contributed by atoms with Crippen molar-refractivity contribution in [3.8, 4) is 0 Å². The zero-order valence-electron chi connectivity index (χ0n) is 8.27. The second-order valence-electron chi connectivity index (χ2n) is 3.14. The van der Waals surface area contributed by atoms with Crippen LogP contribution in [0.5, 0.6) is 0 Å². The molecule has 4 heteroatoms. The summed E-state index contributed by atoms with van der Waals surface area (Å²) < 4.78 is 0.904. The standard InChI is InChI=1S/C12H8BrClN2/c13-10-5-11(8-15-7-10)16-6-9-3-1-2-4-12(9)14/h1-8H. The van der Waals surface area contributed by atoms with Gasteiger partial charge in [0.1, 0.15) is 0 Å². The first-order chi connectivity index (χ1) is 7.75. The van der Waals surface area contributed by atoms with Crippen molar-refractivity contribution in [2.45, 2.75) is 0 Å². The summed E-state index contributed by atoms with van der Waals surface area (Å²) in [7, 11) is 0. The van der Waals surface area contributed by atoms with E-state index in [2.05, 4.69) is 25.9 Å². The first-order valence-electron chi connectivity index (χ1n) is 4.65. The molecule has 1 aromatic carbocycles. The molecule has 80 valence electrons. The lowest BCUT2D eigenvalue weighted by Crippen LogP contribution is -1.81. The Labute approximate surface area is 107 Å². The fourth-order valence-corrected chi connectivity index (χ4v) is 1.73. The maximum absolute atomic E-state index is 6.01. The SMILES string of the molecule is Clc1ccccc1C=Nc1cncc(Br)c1. The van der Waals surface area contributed by atoms with Crippen LogP contribution in [0.25, 0.3) is 0 Å². The first kappa shape index (κ1) is 11.3. The summed E-state index contributed by atoms with van der Waals surface area (Å²) in [5, 5.41) is 0.689. The molecule has 1 aromatic heterocycles. The van der Waals surface area contributed by atoms with Gasteiger partial charge in [-0.1, -0.05) is 29.8 Å². The molecule has 0 aliphatic rings. The van der Waals surface area contributed by atoms with Gasteiger partial charge in [0.05, 0.1) is 11.9 Å². The van der Waals surface area contributed by atoms with Crippen LogP contribution in [0.3, 0.4) is 0 Å². The average molecular weight is 296 g/mol. The second kappa shape index (κ2) is 5.23. The van der Waals surface area contributed by atoms with Gasteiger partial charge in [0.2, 0.25) is 0 Å². The van der Waals surface area contributed by atoms with Gasteiger partial charge in [-0.05, 0) is 28.1 Å². The molecule has 0 aliphatic heterocycles. The van der Waals surface area contributed by atoms with Crippen LogP contribution < -0.4 is 0 Å². The van der Waals surface area contributed by atoms with E-state index in [9.17, 15) is 0 Å². The fraction of sp³-hybridized carbons (Fsp3) is 0. The summed E-state index contributed by atoms with van der Waals surface area (Å²) in [5.74, 6) is 0. The lowest BCUT2D eigenvalue weighted by Gasteiger charge is -1.96. The zero-order chi connectivity index (χ0) is 11.4. The minimum atomic E-state index is 0.689. The molecule has 0 fully saturated rings. The number of aliphatic imine (C=N–C) groups is 1. The molecule has 2 nitrogen and oxygen atoms in total. The average Bonchev–Trinajstić information content (AvgIpc) is 2.28. The van der Waals surface area contributed by atoms with E-state index in [1.165, 1.54) is 0 Å². The predicted octanol–water partition coefficient (Wildman–Crippen LogP) is 4.25. The van der Waals surface area contributed by atoms with Gasteiger partial charge < -0.3 is 0 Å². The molecular weight excluding hydrogens is 288 g/mol. The summed E-state index contributed by atoms with van der Waals surface area (Å²) >= 11 is 9.35. The summed E-state index contributed by atoms with van der Waals surface area (Å²) in [5.41, 5.74) is 1.68. The van der Waals surface area contributed by atoms with Crippen molar-refractivity contribution < 1.29 is 0 Å². The van der Waals surface area contributed by atoms with E-state index in [1.807, 2.05) is 30.3 Å². The van der Waals surface area contributed by atoms with Crippen LogP contribution in [0, 0.1) is 0 Å². The number of pyridine rings is 1. The summed E-state index contributed by atoms with van der Waals surface area (Å²) in [4.78, 5) is 8.32. The Morgan fingerprint density at radius 3 is 2.81 bits per heavy atom. The number of hydrogen-bond acceptors (Lipinski definition) is 2. The Bertz CT molecular complexity index is 526. The fourth-order valence-electron chi connectivity index (χ4n) is 1.20. The first-order valence-corrected chi connectivity index (χ1v) is 5.82. The highest BCUT2D eigenvalue weighted by Crippen LogP contribution is 2.18. The number of nitrogens with zero attached hydrogens (tertiary/aromatic N) is 2. The number of aromatic nitrogens is 1. The Hall–Kier alpha value is -1.19. The highest BCUT2D eigenvalue weighted by Gasteiger charge is 1.95. The van der Waals surface area contributed by atoms with Crippen LogP contribution in [0.4, 0.5) is 5.69 Å². The van der Waals surface area contributed by atoms with Crippen molar-refractivity contribution in [2.24, 2.45) is 4.99 Å². The van der Waals surface area contributed by atoms with Gasteiger partial charge in [-0.25, -0.2) is 0 Å². The maximum atomic E-state index is 6.01. The molecule has 0 atom stereocenters. The molecule has 0 unspecified atom stereocenters. The van der Waals surface area contributed by atoms with Crippen LogP contribution in [0.2, 0.25) is 5.02 Å². The second-order valence-corrected chi connectivity index (χ2v) is 4.46. The quantitative estimate of drug-likeness (QED) is 0.760. The van der Waals surface area contributed by atoms with Crippen molar-refractivity contribution in [3.05, 3.63) is 57.8 Å². The molecule has 0 radical (unpaired) electrons. The van der Waals surface area contributed by atoms with E-state index in [4.69, 9.17) is 11.6 Å². The molecule has 0 aliphatic carbocycles. The Balaban J connectivity index is 2.25. The van der Waals surface area contributed by atoms with Crippen LogP contribution in [-0.2, 0) is 0 Å². The summed E-state index contributed by atoms with van der Waals surface area (Å²) in [6.45, 7) is 0. The molecule has 16 heavy (non-hydrogen) atoms. The smallest absolute Gasteiger partial charge is 0.0824 e. The van der Waals surface area contributed by atoms with E-state index in [-0.39, 0.29) is 0 Å². The van der Waals surface area contributed by atoms with Gasteiger partial charge in [0.15, 0.2) is 0 Å². The lowest BCUT2D eigenvalue weighted by atomic mass is 10.2. The van der Waals surface area contributed by atoms with Crippen molar-refractivity contribution in [1.29, 1.82) is 0 Å². The molecule has 0 N–H and O–H groups in total. The highest BCUT2D eigenvalue weighted by atomic mass is 79.9. The summed E-state index contributed by atoms with van der Waals surface area (Å²) in [6, 6.07) is 9.45. The molecule has 0 saturated carbocycles. The van der Waals surface area contributed by atoms with Crippen molar-refractivity contribution >= 4 is 39.4 Å². The van der Waals surface area contributed by atoms with Gasteiger partial charge in [-0.2, -0.15) is 0 Å². The van der Waals surface area contributed by atoms with Gasteiger partial charge in [-0.3, -0.25) is 9.98 Å². The van der Waals surface area contributed by atoms with Crippen LogP contribution in [-0.4, -0.2) is 11.2 Å². The largest absolute Gasteiger partial charge is 0.261 e. The number of hydrogen-bond donors (Lipinski definition) is 0. The van der Waals surface area contributed by atoms with Crippen LogP contribution in [0.1, 0.15) is 5.56 Å². The molecule has 2 aromatic rings. The minimum Gasteiger partial charge on any atom is -0.261 e. The normalized spacial score (nSPS) is 10.9.